The van der Waals surface area contributed by atoms with Crippen molar-refractivity contribution in [1.29, 1.82) is 0 Å². The summed E-state index contributed by atoms with van der Waals surface area (Å²) in [6.07, 6.45) is 3.05. The van der Waals surface area contributed by atoms with Gasteiger partial charge in [-0.2, -0.15) is 0 Å². The minimum atomic E-state index is -0.214. The summed E-state index contributed by atoms with van der Waals surface area (Å²) in [5, 5.41) is 9.91. The van der Waals surface area contributed by atoms with Gasteiger partial charge >= 0.3 is 0 Å². The molecule has 0 bridgehead atoms. The Morgan fingerprint density at radius 2 is 1.93 bits per heavy atom. The molecule has 0 spiro atoms. The third-order valence-corrected chi connectivity index (χ3v) is 6.95. The van der Waals surface area contributed by atoms with Crippen LogP contribution in [0.4, 0.5) is 4.39 Å². The highest BCUT2D eigenvalue weighted by Crippen LogP contribution is 2.42. The van der Waals surface area contributed by atoms with Crippen molar-refractivity contribution in [2.45, 2.75) is 25.4 Å². The first-order chi connectivity index (χ1) is 14.1. The molecule has 2 heterocycles. The molecule has 0 amide bonds. The maximum atomic E-state index is 12.5. The van der Waals surface area contributed by atoms with Crippen LogP contribution >= 0.6 is 11.9 Å². The number of benzene rings is 2. The van der Waals surface area contributed by atoms with E-state index < -0.39 is 0 Å². The molecular weight excluding hydrogens is 387 g/mol. The van der Waals surface area contributed by atoms with Crippen LogP contribution in [0.15, 0.2) is 42.5 Å². The lowest BCUT2D eigenvalue weighted by atomic mass is 9.87. The molecule has 6 heteroatoms. The first-order valence-corrected chi connectivity index (χ1v) is 11.4. The number of likely N-dealkylation sites (tertiary alicyclic amines) is 1. The van der Waals surface area contributed by atoms with E-state index >= 15 is 0 Å². The van der Waals surface area contributed by atoms with E-state index in [-0.39, 0.29) is 18.6 Å². The molecule has 2 atom stereocenters. The summed E-state index contributed by atoms with van der Waals surface area (Å²) >= 11 is 1.76. The first-order valence-electron chi connectivity index (χ1n) is 10.2. The van der Waals surface area contributed by atoms with E-state index in [0.717, 1.165) is 31.8 Å². The number of phenolic OH excluding ortho intramolecular Hbond substituents is 1. The SMILES string of the molecule is CSN1[C@@H](c2ccc(OCCN3CC(CF)C3)cc2)c2ccc(O)cc2C[C@@H]1C. The molecule has 0 aliphatic carbocycles. The standard InChI is InChI=1S/C23H29FN2O2S/c1-16-11-19-12-20(27)5-8-22(19)23(26(16)29-2)18-3-6-21(7-4-18)28-10-9-25-14-17(13-24)15-25/h3-8,12,16-17,23,27H,9-11,13-15H2,1-2H3/t16-,23-/m0/s1. The van der Waals surface area contributed by atoms with E-state index in [1.807, 2.05) is 24.3 Å². The third kappa shape index (κ3) is 4.39. The van der Waals surface area contributed by atoms with Crippen LogP contribution in [0, 0.1) is 5.92 Å². The number of halogens is 1. The van der Waals surface area contributed by atoms with E-state index in [0.29, 0.717) is 18.4 Å². The second kappa shape index (κ2) is 8.94. The molecule has 0 aromatic heterocycles. The minimum Gasteiger partial charge on any atom is -0.508 e. The summed E-state index contributed by atoms with van der Waals surface area (Å²) < 4.78 is 20.8. The van der Waals surface area contributed by atoms with Gasteiger partial charge in [0.15, 0.2) is 0 Å². The molecule has 4 rings (SSSR count). The Hall–Kier alpha value is -1.76. The average Bonchev–Trinajstić information content (AvgIpc) is 2.69. The quantitative estimate of drug-likeness (QED) is 0.682. The van der Waals surface area contributed by atoms with E-state index in [2.05, 4.69) is 34.5 Å². The van der Waals surface area contributed by atoms with Gasteiger partial charge in [0.25, 0.3) is 0 Å². The van der Waals surface area contributed by atoms with Gasteiger partial charge in [0.2, 0.25) is 0 Å². The van der Waals surface area contributed by atoms with Crippen LogP contribution in [-0.2, 0) is 6.42 Å². The number of hydrogen-bond acceptors (Lipinski definition) is 5. The van der Waals surface area contributed by atoms with Crippen molar-refractivity contribution >= 4 is 11.9 Å². The van der Waals surface area contributed by atoms with Gasteiger partial charge in [-0.05, 0) is 60.6 Å². The van der Waals surface area contributed by atoms with Gasteiger partial charge in [-0.25, -0.2) is 4.31 Å². The monoisotopic (exact) mass is 416 g/mol. The number of nitrogens with zero attached hydrogens (tertiary/aromatic N) is 2. The van der Waals surface area contributed by atoms with Crippen molar-refractivity contribution in [3.05, 3.63) is 59.2 Å². The predicted molar refractivity (Wildman–Crippen MR) is 116 cm³/mol. The van der Waals surface area contributed by atoms with Crippen LogP contribution in [0.2, 0.25) is 0 Å². The number of fused-ring (bicyclic) bond motifs is 1. The maximum absolute atomic E-state index is 12.5. The number of hydrogen-bond donors (Lipinski definition) is 1. The smallest absolute Gasteiger partial charge is 0.119 e. The summed E-state index contributed by atoms with van der Waals surface area (Å²) in [4.78, 5) is 2.23. The minimum absolute atomic E-state index is 0.150. The number of aromatic hydroxyl groups is 1. The third-order valence-electron chi connectivity index (χ3n) is 5.96. The molecule has 0 unspecified atom stereocenters. The van der Waals surface area contributed by atoms with Gasteiger partial charge in [0.1, 0.15) is 18.1 Å². The lowest BCUT2D eigenvalue weighted by Crippen LogP contribution is -2.49. The normalized spacial score (nSPS) is 22.9. The van der Waals surface area contributed by atoms with Gasteiger partial charge < -0.3 is 9.84 Å². The fourth-order valence-corrected chi connectivity index (χ4v) is 5.32. The highest BCUT2D eigenvalue weighted by atomic mass is 32.2. The number of rotatable bonds is 7. The van der Waals surface area contributed by atoms with Crippen molar-refractivity contribution in [3.63, 3.8) is 0 Å². The van der Waals surface area contributed by atoms with E-state index in [9.17, 15) is 9.50 Å². The van der Waals surface area contributed by atoms with E-state index in [4.69, 9.17) is 4.74 Å². The number of alkyl halides is 1. The highest BCUT2D eigenvalue weighted by molar-refractivity contribution is 7.96. The van der Waals surface area contributed by atoms with Crippen LogP contribution in [-0.4, -0.2) is 59.5 Å². The molecular formula is C23H29FN2O2S. The second-order valence-electron chi connectivity index (χ2n) is 8.08. The number of phenols is 1. The van der Waals surface area contributed by atoms with Crippen molar-refractivity contribution in [1.82, 2.24) is 9.21 Å². The lowest BCUT2D eigenvalue weighted by Gasteiger charge is -2.40. The molecule has 2 aliphatic heterocycles. The molecule has 156 valence electrons. The molecule has 1 N–H and O–H groups in total. The maximum Gasteiger partial charge on any atom is 0.119 e. The van der Waals surface area contributed by atoms with Crippen LogP contribution in [0.3, 0.4) is 0 Å². The zero-order chi connectivity index (χ0) is 20.4. The topological polar surface area (TPSA) is 35.9 Å². The van der Waals surface area contributed by atoms with Gasteiger partial charge in [0.05, 0.1) is 12.7 Å². The molecule has 0 saturated carbocycles. The van der Waals surface area contributed by atoms with Crippen LogP contribution < -0.4 is 4.74 Å². The van der Waals surface area contributed by atoms with Crippen LogP contribution in [0.1, 0.15) is 29.7 Å². The summed E-state index contributed by atoms with van der Waals surface area (Å²) in [5.41, 5.74) is 3.69. The molecule has 29 heavy (non-hydrogen) atoms. The highest BCUT2D eigenvalue weighted by Gasteiger charge is 2.33. The fraction of sp³-hybridized carbons (Fsp3) is 0.478. The Morgan fingerprint density at radius 3 is 2.62 bits per heavy atom. The van der Waals surface area contributed by atoms with Crippen molar-refractivity contribution in [3.8, 4) is 11.5 Å². The van der Waals surface area contributed by atoms with Gasteiger partial charge in [0, 0.05) is 31.6 Å². The van der Waals surface area contributed by atoms with E-state index in [1.54, 1.807) is 18.0 Å². The van der Waals surface area contributed by atoms with Gasteiger partial charge in [-0.3, -0.25) is 9.29 Å². The van der Waals surface area contributed by atoms with Gasteiger partial charge in [-0.1, -0.05) is 30.1 Å². The Labute approximate surface area is 176 Å². The molecule has 4 nitrogen and oxygen atoms in total. The summed E-state index contributed by atoms with van der Waals surface area (Å²) in [6, 6.07) is 14.6. The molecule has 2 aromatic rings. The Balaban J connectivity index is 1.44. The largest absolute Gasteiger partial charge is 0.508 e. The summed E-state index contributed by atoms with van der Waals surface area (Å²) in [5.74, 6) is 1.41. The second-order valence-corrected chi connectivity index (χ2v) is 8.87. The Morgan fingerprint density at radius 1 is 1.17 bits per heavy atom. The van der Waals surface area contributed by atoms with Crippen LogP contribution in [0.5, 0.6) is 11.5 Å². The molecule has 0 radical (unpaired) electrons. The molecule has 1 fully saturated rings. The Bertz CT molecular complexity index is 826. The summed E-state index contributed by atoms with van der Waals surface area (Å²) in [7, 11) is 0. The Kier molecular flexibility index (Phi) is 6.32. The fourth-order valence-electron chi connectivity index (χ4n) is 4.44. The molecule has 1 saturated heterocycles. The first kappa shape index (κ1) is 20.5. The van der Waals surface area contributed by atoms with Crippen molar-refractivity contribution in [2.75, 3.05) is 39.2 Å². The van der Waals surface area contributed by atoms with Crippen molar-refractivity contribution in [2.24, 2.45) is 5.92 Å². The lowest BCUT2D eigenvalue weighted by molar-refractivity contribution is 0.0668. The summed E-state index contributed by atoms with van der Waals surface area (Å²) in [6.45, 7) is 5.18. The zero-order valence-corrected chi connectivity index (χ0v) is 17.9. The van der Waals surface area contributed by atoms with Crippen molar-refractivity contribution < 1.29 is 14.2 Å². The predicted octanol–water partition coefficient (Wildman–Crippen LogP) is 4.29. The van der Waals surface area contributed by atoms with E-state index in [1.165, 1.54) is 16.7 Å². The zero-order valence-electron chi connectivity index (χ0n) is 17.1. The average molecular weight is 417 g/mol. The number of ether oxygens (including phenoxy) is 1. The van der Waals surface area contributed by atoms with Gasteiger partial charge in [-0.15, -0.1) is 0 Å². The molecule has 2 aromatic carbocycles. The van der Waals surface area contributed by atoms with Crippen LogP contribution in [0.25, 0.3) is 0 Å². The molecule has 2 aliphatic rings.